The molecule has 2 aliphatic rings. The number of nitrogens with one attached hydrogen (secondary N) is 2. The number of aromatic amines is 1. The number of sulfonamides is 1. The third-order valence-electron chi connectivity index (χ3n) is 5.99. The Balaban J connectivity index is 1.37. The first-order chi connectivity index (χ1) is 14.0. The van der Waals surface area contributed by atoms with Crippen molar-refractivity contribution in [2.24, 2.45) is 0 Å². The van der Waals surface area contributed by atoms with Gasteiger partial charge in [0.25, 0.3) is 5.92 Å². The van der Waals surface area contributed by atoms with Gasteiger partial charge in [0.1, 0.15) is 0 Å². The summed E-state index contributed by atoms with van der Waals surface area (Å²) in [6.07, 6.45) is 3.04. The van der Waals surface area contributed by atoms with Crippen LogP contribution in [0.3, 0.4) is 0 Å². The number of hydrogen-bond donors (Lipinski definition) is 2. The highest BCUT2D eigenvalue weighted by molar-refractivity contribution is 7.88. The largest absolute Gasteiger partial charge is 0.361 e. The molecule has 0 aliphatic carbocycles. The molecule has 0 saturated carbocycles. The number of likely N-dealkylation sites (tertiary alicyclic amines) is 1. The highest BCUT2D eigenvalue weighted by atomic mass is 32.2. The van der Waals surface area contributed by atoms with Crippen molar-refractivity contribution in [3.8, 4) is 0 Å². The summed E-state index contributed by atoms with van der Waals surface area (Å²) in [6.45, 7) is 2.13. The molecule has 2 aliphatic heterocycles. The zero-order valence-corrected chi connectivity index (χ0v) is 17.8. The minimum Gasteiger partial charge on any atom is -0.361 e. The molecule has 0 unspecified atom stereocenters. The Kier molecular flexibility index (Phi) is 5.36. The van der Waals surface area contributed by atoms with Crippen molar-refractivity contribution in [1.82, 2.24) is 19.5 Å². The van der Waals surface area contributed by atoms with Crippen LogP contribution in [-0.4, -0.2) is 79.0 Å². The summed E-state index contributed by atoms with van der Waals surface area (Å²) < 4.78 is 52.5. The summed E-state index contributed by atoms with van der Waals surface area (Å²) in [5.74, 6) is -3.39. The molecule has 1 aromatic carbocycles. The van der Waals surface area contributed by atoms with Crippen LogP contribution in [0.5, 0.6) is 0 Å². The van der Waals surface area contributed by atoms with Crippen molar-refractivity contribution in [2.75, 3.05) is 32.4 Å². The summed E-state index contributed by atoms with van der Waals surface area (Å²) in [6, 6.07) is 4.79. The number of benzene rings is 1. The number of alkyl halides is 2. The van der Waals surface area contributed by atoms with Crippen LogP contribution in [0, 0.1) is 6.92 Å². The number of amides is 1. The topological polar surface area (TPSA) is 85.5 Å². The molecule has 1 amide bonds. The van der Waals surface area contributed by atoms with Crippen LogP contribution in [0.15, 0.2) is 24.4 Å². The fourth-order valence-corrected chi connectivity index (χ4v) is 5.19. The van der Waals surface area contributed by atoms with E-state index in [4.69, 9.17) is 0 Å². The van der Waals surface area contributed by atoms with E-state index < -0.39 is 40.9 Å². The highest BCUT2D eigenvalue weighted by Crippen LogP contribution is 2.36. The summed E-state index contributed by atoms with van der Waals surface area (Å²) in [5, 5.41) is 3.89. The molecule has 0 bridgehead atoms. The average molecular weight is 441 g/mol. The molecular weight excluding hydrogens is 414 g/mol. The molecule has 164 valence electrons. The predicted octanol–water partition coefficient (Wildman–Crippen LogP) is 1.49. The van der Waals surface area contributed by atoms with Gasteiger partial charge >= 0.3 is 0 Å². The van der Waals surface area contributed by atoms with Crippen LogP contribution >= 0.6 is 0 Å². The molecule has 3 heterocycles. The molecule has 2 N–H and O–H groups in total. The second-order valence-electron chi connectivity index (χ2n) is 8.39. The van der Waals surface area contributed by atoms with Gasteiger partial charge in [0.05, 0.1) is 18.8 Å². The lowest BCUT2D eigenvalue weighted by Gasteiger charge is -2.44. The SMILES string of the molecule is Cc1ccc2[nH]cc(CCNC(=O)[C@@H]3CC(F)(F)CN3C3CN(S(C)(=O)=O)C3)c2c1. The summed E-state index contributed by atoms with van der Waals surface area (Å²) in [4.78, 5) is 17.4. The third kappa shape index (κ3) is 4.21. The van der Waals surface area contributed by atoms with Gasteiger partial charge in [-0.15, -0.1) is 0 Å². The van der Waals surface area contributed by atoms with Crippen molar-refractivity contribution in [1.29, 1.82) is 0 Å². The smallest absolute Gasteiger partial charge is 0.262 e. The molecule has 0 spiro atoms. The predicted molar refractivity (Wildman–Crippen MR) is 110 cm³/mol. The first-order valence-electron chi connectivity index (χ1n) is 9.96. The Bertz CT molecular complexity index is 1060. The van der Waals surface area contributed by atoms with Gasteiger partial charge in [-0.1, -0.05) is 11.6 Å². The maximum atomic E-state index is 14.1. The van der Waals surface area contributed by atoms with E-state index in [1.165, 1.54) is 9.21 Å². The van der Waals surface area contributed by atoms with Gasteiger partial charge in [0.15, 0.2) is 0 Å². The lowest BCUT2D eigenvalue weighted by molar-refractivity contribution is -0.127. The van der Waals surface area contributed by atoms with E-state index >= 15 is 0 Å². The van der Waals surface area contributed by atoms with Crippen molar-refractivity contribution in [3.63, 3.8) is 0 Å². The first-order valence-corrected chi connectivity index (χ1v) is 11.8. The van der Waals surface area contributed by atoms with Crippen LogP contribution in [0.25, 0.3) is 10.9 Å². The zero-order chi connectivity index (χ0) is 21.7. The quantitative estimate of drug-likeness (QED) is 0.713. The Labute approximate surface area is 174 Å². The first kappa shape index (κ1) is 21.2. The van der Waals surface area contributed by atoms with E-state index in [9.17, 15) is 22.0 Å². The Morgan fingerprint density at radius 3 is 2.77 bits per heavy atom. The number of halogens is 2. The number of aryl methyl sites for hydroxylation is 1. The molecule has 0 radical (unpaired) electrons. The molecule has 2 saturated heterocycles. The minimum atomic E-state index is -3.34. The number of rotatable bonds is 6. The number of aromatic nitrogens is 1. The monoisotopic (exact) mass is 440 g/mol. The number of fused-ring (bicyclic) bond motifs is 1. The van der Waals surface area contributed by atoms with E-state index in [2.05, 4.69) is 16.4 Å². The van der Waals surface area contributed by atoms with Gasteiger partial charge in [-0.05, 0) is 31.0 Å². The van der Waals surface area contributed by atoms with Gasteiger partial charge in [0, 0.05) is 49.2 Å². The van der Waals surface area contributed by atoms with Crippen molar-refractivity contribution in [3.05, 3.63) is 35.5 Å². The lowest BCUT2D eigenvalue weighted by Crippen LogP contribution is -2.63. The highest BCUT2D eigenvalue weighted by Gasteiger charge is 2.52. The molecule has 7 nitrogen and oxygen atoms in total. The van der Waals surface area contributed by atoms with Gasteiger partial charge in [0.2, 0.25) is 15.9 Å². The number of hydrogen-bond acceptors (Lipinski definition) is 4. The lowest BCUT2D eigenvalue weighted by atomic mass is 10.1. The summed E-state index contributed by atoms with van der Waals surface area (Å²) in [7, 11) is -3.34. The summed E-state index contributed by atoms with van der Waals surface area (Å²) >= 11 is 0. The molecule has 2 aromatic rings. The molecule has 30 heavy (non-hydrogen) atoms. The second kappa shape index (κ2) is 7.58. The van der Waals surface area contributed by atoms with Gasteiger partial charge in [-0.25, -0.2) is 17.2 Å². The Morgan fingerprint density at radius 2 is 2.07 bits per heavy atom. The average Bonchev–Trinajstić information content (AvgIpc) is 3.12. The van der Waals surface area contributed by atoms with E-state index in [1.54, 1.807) is 0 Å². The molecule has 10 heteroatoms. The maximum absolute atomic E-state index is 14.1. The molecule has 1 aromatic heterocycles. The van der Waals surface area contributed by atoms with E-state index in [1.807, 2.05) is 25.3 Å². The number of nitrogens with zero attached hydrogens (tertiary/aromatic N) is 2. The fourth-order valence-electron chi connectivity index (χ4n) is 4.30. The van der Waals surface area contributed by atoms with Gasteiger partial charge in [-0.3, -0.25) is 9.69 Å². The van der Waals surface area contributed by atoms with E-state index in [0.29, 0.717) is 13.0 Å². The summed E-state index contributed by atoms with van der Waals surface area (Å²) in [5.41, 5.74) is 3.22. The number of carbonyl (C=O) groups is 1. The maximum Gasteiger partial charge on any atom is 0.262 e. The molecule has 2 fully saturated rings. The normalized spacial score (nSPS) is 23.0. The second-order valence-corrected chi connectivity index (χ2v) is 10.4. The standard InChI is InChI=1S/C20H26F2N4O3S/c1-13-3-4-17-16(7-13)14(9-24-17)5-6-23-19(27)18-8-20(21,22)12-26(18)15-10-25(11-15)30(2,28)29/h3-4,7,9,15,18,24H,5-6,8,10-12H2,1-2H3,(H,23,27)/t18-/m0/s1. The van der Waals surface area contributed by atoms with E-state index in [0.717, 1.165) is 28.3 Å². The molecule has 1 atom stereocenters. The molecule has 4 rings (SSSR count). The number of carbonyl (C=O) groups excluding carboxylic acids is 1. The molecular formula is C20H26F2N4O3S. The van der Waals surface area contributed by atoms with Gasteiger partial charge in [-0.2, -0.15) is 4.31 Å². The van der Waals surface area contributed by atoms with Crippen molar-refractivity contribution in [2.45, 2.75) is 37.8 Å². The third-order valence-corrected chi connectivity index (χ3v) is 7.23. The van der Waals surface area contributed by atoms with Crippen LogP contribution in [-0.2, 0) is 21.2 Å². The van der Waals surface area contributed by atoms with Crippen LogP contribution in [0.1, 0.15) is 17.5 Å². The van der Waals surface area contributed by atoms with Crippen LogP contribution in [0.4, 0.5) is 8.78 Å². The fraction of sp³-hybridized carbons (Fsp3) is 0.550. The van der Waals surface area contributed by atoms with Crippen molar-refractivity contribution < 1.29 is 22.0 Å². The Hall–Kier alpha value is -2.04. The van der Waals surface area contributed by atoms with Crippen LogP contribution in [0.2, 0.25) is 0 Å². The van der Waals surface area contributed by atoms with Crippen molar-refractivity contribution >= 4 is 26.8 Å². The number of H-pyrrole nitrogens is 1. The zero-order valence-electron chi connectivity index (χ0n) is 17.0. The Morgan fingerprint density at radius 1 is 1.33 bits per heavy atom. The van der Waals surface area contributed by atoms with Gasteiger partial charge < -0.3 is 10.3 Å². The van der Waals surface area contributed by atoms with E-state index in [-0.39, 0.29) is 19.1 Å². The minimum absolute atomic E-state index is 0.146. The van der Waals surface area contributed by atoms with Crippen LogP contribution < -0.4 is 5.32 Å².